The molecule has 5 nitrogen and oxygen atoms in total. The molecule has 0 aliphatic carbocycles. The van der Waals surface area contributed by atoms with Gasteiger partial charge in [0, 0.05) is 10.9 Å². The van der Waals surface area contributed by atoms with Gasteiger partial charge in [0.2, 0.25) is 10.0 Å². The summed E-state index contributed by atoms with van der Waals surface area (Å²) in [6.07, 6.45) is -5.08. The monoisotopic (exact) mass is 389 g/mol. The summed E-state index contributed by atoms with van der Waals surface area (Å²) >= 11 is 2.87. The number of hydrogen-bond acceptors (Lipinski definition) is 3. The molecule has 0 aromatic heterocycles. The first-order valence-corrected chi connectivity index (χ1v) is 8.04. The number of carboxylic acids is 1. The third-order valence-electron chi connectivity index (χ3n) is 2.30. The fraction of sp³-hybridized carbons (Fsp3) is 0.364. The van der Waals surface area contributed by atoms with Crippen LogP contribution < -0.4 is 4.72 Å². The molecule has 0 saturated heterocycles. The van der Waals surface area contributed by atoms with Crippen LogP contribution in [0.2, 0.25) is 0 Å². The number of halogens is 4. The summed E-state index contributed by atoms with van der Waals surface area (Å²) in [5.74, 6) is -1.64. The second-order valence-corrected chi connectivity index (χ2v) is 6.90. The predicted molar refractivity (Wildman–Crippen MR) is 73.4 cm³/mol. The minimum Gasteiger partial charge on any atom is -0.481 e. The lowest BCUT2D eigenvalue weighted by Crippen LogP contribution is -2.18. The van der Waals surface area contributed by atoms with Crippen LogP contribution >= 0.6 is 15.9 Å². The van der Waals surface area contributed by atoms with Crippen molar-refractivity contribution < 1.29 is 31.5 Å². The van der Waals surface area contributed by atoms with Crippen LogP contribution in [0.1, 0.15) is 18.4 Å². The van der Waals surface area contributed by atoms with E-state index in [1.54, 1.807) is 0 Å². The number of hydrogen-bond donors (Lipinski definition) is 2. The summed E-state index contributed by atoms with van der Waals surface area (Å²) in [5.41, 5.74) is -1.24. The van der Waals surface area contributed by atoms with Crippen LogP contribution in [0, 0.1) is 0 Å². The second-order valence-electron chi connectivity index (χ2n) is 4.14. The zero-order valence-corrected chi connectivity index (χ0v) is 12.8. The fourth-order valence-corrected chi connectivity index (χ4v) is 3.05. The minimum atomic E-state index is -4.60. The third kappa shape index (κ3) is 6.34. The smallest absolute Gasteiger partial charge is 0.416 e. The lowest BCUT2D eigenvalue weighted by Gasteiger charge is -2.12. The molecule has 0 atom stereocenters. The summed E-state index contributed by atoms with van der Waals surface area (Å²) < 4.78 is 63.2. The highest BCUT2D eigenvalue weighted by atomic mass is 79.9. The van der Waals surface area contributed by atoms with Gasteiger partial charge in [-0.2, -0.15) is 13.2 Å². The van der Waals surface area contributed by atoms with E-state index in [1.165, 1.54) is 6.07 Å². The van der Waals surface area contributed by atoms with E-state index in [1.807, 2.05) is 4.72 Å². The number of anilines is 1. The number of benzene rings is 1. The van der Waals surface area contributed by atoms with Crippen molar-refractivity contribution in [2.24, 2.45) is 0 Å². The van der Waals surface area contributed by atoms with Crippen LogP contribution in [0.5, 0.6) is 0 Å². The molecule has 2 N–H and O–H groups in total. The molecular formula is C11H11BrF3NO4S. The van der Waals surface area contributed by atoms with Crippen molar-refractivity contribution in [3.8, 4) is 0 Å². The van der Waals surface area contributed by atoms with Crippen molar-refractivity contribution >= 4 is 37.6 Å². The topological polar surface area (TPSA) is 83.5 Å². The Morgan fingerprint density at radius 1 is 1.29 bits per heavy atom. The Bertz CT molecular complexity index is 631. The van der Waals surface area contributed by atoms with Gasteiger partial charge in [-0.25, -0.2) is 8.42 Å². The van der Waals surface area contributed by atoms with E-state index in [4.69, 9.17) is 5.11 Å². The van der Waals surface area contributed by atoms with Crippen molar-refractivity contribution in [1.82, 2.24) is 0 Å². The first kappa shape index (κ1) is 17.8. The lowest BCUT2D eigenvalue weighted by atomic mass is 10.2. The van der Waals surface area contributed by atoms with Gasteiger partial charge in [0.25, 0.3) is 0 Å². The van der Waals surface area contributed by atoms with Crippen LogP contribution in [-0.2, 0) is 21.0 Å². The molecule has 0 aliphatic heterocycles. The SMILES string of the molecule is O=C(O)CCCS(=O)(=O)Nc1cc(Br)cc(C(F)(F)F)c1. The first-order chi connectivity index (χ1) is 9.49. The van der Waals surface area contributed by atoms with Gasteiger partial charge in [0.1, 0.15) is 0 Å². The molecule has 1 aromatic carbocycles. The van der Waals surface area contributed by atoms with E-state index < -0.39 is 33.5 Å². The van der Waals surface area contributed by atoms with E-state index in [-0.39, 0.29) is 23.0 Å². The summed E-state index contributed by atoms with van der Waals surface area (Å²) in [7, 11) is -3.91. The Balaban J connectivity index is 2.87. The largest absolute Gasteiger partial charge is 0.481 e. The van der Waals surface area contributed by atoms with E-state index in [9.17, 15) is 26.4 Å². The second kappa shape index (κ2) is 6.65. The van der Waals surface area contributed by atoms with Crippen LogP contribution in [-0.4, -0.2) is 25.2 Å². The van der Waals surface area contributed by atoms with Gasteiger partial charge in [0.15, 0.2) is 0 Å². The molecule has 0 saturated carbocycles. The molecule has 0 spiro atoms. The highest BCUT2D eigenvalue weighted by molar-refractivity contribution is 9.10. The van der Waals surface area contributed by atoms with Crippen molar-refractivity contribution in [3.63, 3.8) is 0 Å². The Morgan fingerprint density at radius 2 is 1.90 bits per heavy atom. The van der Waals surface area contributed by atoms with Gasteiger partial charge < -0.3 is 5.11 Å². The summed E-state index contributed by atoms with van der Waals surface area (Å²) in [4.78, 5) is 10.3. The number of sulfonamides is 1. The zero-order valence-electron chi connectivity index (χ0n) is 10.4. The Hall–Kier alpha value is -1.29. The van der Waals surface area contributed by atoms with Crippen LogP contribution in [0.15, 0.2) is 22.7 Å². The molecular weight excluding hydrogens is 379 g/mol. The van der Waals surface area contributed by atoms with Gasteiger partial charge >= 0.3 is 12.1 Å². The maximum Gasteiger partial charge on any atom is 0.416 e. The lowest BCUT2D eigenvalue weighted by molar-refractivity contribution is -0.138. The Kier molecular flexibility index (Phi) is 5.62. The van der Waals surface area contributed by atoms with E-state index in [0.29, 0.717) is 6.07 Å². The molecule has 21 heavy (non-hydrogen) atoms. The van der Waals surface area contributed by atoms with Crippen LogP contribution in [0.25, 0.3) is 0 Å². The fourth-order valence-electron chi connectivity index (χ4n) is 1.46. The standard InChI is InChI=1S/C11H11BrF3NO4S/c12-8-4-7(11(13,14)15)5-9(6-8)16-21(19,20)3-1-2-10(17)18/h4-6,16H,1-3H2,(H,17,18). The van der Waals surface area contributed by atoms with Crippen molar-refractivity contribution in [1.29, 1.82) is 0 Å². The number of carbonyl (C=O) groups is 1. The van der Waals surface area contributed by atoms with Gasteiger partial charge in [-0.1, -0.05) is 15.9 Å². The quantitative estimate of drug-likeness (QED) is 0.782. The molecule has 10 heteroatoms. The first-order valence-electron chi connectivity index (χ1n) is 5.60. The minimum absolute atomic E-state index is 0.0700. The highest BCUT2D eigenvalue weighted by Gasteiger charge is 2.31. The van der Waals surface area contributed by atoms with Crippen molar-refractivity contribution in [2.45, 2.75) is 19.0 Å². The Labute approximate surface area is 127 Å². The van der Waals surface area contributed by atoms with Crippen molar-refractivity contribution in [2.75, 3.05) is 10.5 Å². The molecule has 0 fully saturated rings. The molecule has 118 valence electrons. The molecule has 0 radical (unpaired) electrons. The molecule has 0 bridgehead atoms. The Morgan fingerprint density at radius 3 is 2.43 bits per heavy atom. The van der Waals surface area contributed by atoms with Crippen molar-refractivity contribution in [3.05, 3.63) is 28.2 Å². The number of alkyl halides is 3. The number of nitrogens with one attached hydrogen (secondary N) is 1. The number of aliphatic carboxylic acids is 1. The molecule has 0 unspecified atom stereocenters. The molecule has 1 aromatic rings. The number of rotatable bonds is 6. The zero-order chi connectivity index (χ0) is 16.3. The summed E-state index contributed by atoms with van der Waals surface area (Å²) in [6, 6.07) is 2.67. The van der Waals surface area contributed by atoms with E-state index in [0.717, 1.165) is 6.07 Å². The van der Waals surface area contributed by atoms with Gasteiger partial charge in [-0.05, 0) is 24.6 Å². The summed E-state index contributed by atoms with van der Waals surface area (Å²) in [6.45, 7) is 0. The van der Waals surface area contributed by atoms with E-state index >= 15 is 0 Å². The molecule has 1 rings (SSSR count). The third-order valence-corrected chi connectivity index (χ3v) is 4.13. The number of carboxylic acid groups (broad SMARTS) is 1. The normalized spacial score (nSPS) is 12.2. The average molecular weight is 390 g/mol. The molecule has 0 aliphatic rings. The van der Waals surface area contributed by atoms with Crippen LogP contribution in [0.3, 0.4) is 0 Å². The predicted octanol–water partition coefficient (Wildman–Crippen LogP) is 3.07. The highest BCUT2D eigenvalue weighted by Crippen LogP contribution is 2.33. The van der Waals surface area contributed by atoms with Gasteiger partial charge in [0.05, 0.1) is 17.0 Å². The van der Waals surface area contributed by atoms with Crippen LogP contribution in [0.4, 0.5) is 18.9 Å². The maximum atomic E-state index is 12.6. The molecule has 0 amide bonds. The van der Waals surface area contributed by atoms with Gasteiger partial charge in [-0.15, -0.1) is 0 Å². The average Bonchev–Trinajstić information content (AvgIpc) is 2.24. The maximum absolute atomic E-state index is 12.6. The molecule has 0 heterocycles. The summed E-state index contributed by atoms with van der Waals surface area (Å²) in [5, 5.41) is 8.42. The van der Waals surface area contributed by atoms with Gasteiger partial charge in [-0.3, -0.25) is 9.52 Å². The van der Waals surface area contributed by atoms with E-state index in [2.05, 4.69) is 15.9 Å².